The molecule has 1 aliphatic heterocycles. The van der Waals surface area contributed by atoms with Gasteiger partial charge in [0.2, 0.25) is 5.76 Å². The zero-order chi connectivity index (χ0) is 14.5. The van der Waals surface area contributed by atoms with Gasteiger partial charge in [0.05, 0.1) is 18.7 Å². The van der Waals surface area contributed by atoms with Gasteiger partial charge < -0.3 is 24.9 Å². The Morgan fingerprint density at radius 2 is 2.30 bits per heavy atom. The second kappa shape index (κ2) is 6.42. The highest BCUT2D eigenvalue weighted by Crippen LogP contribution is 2.15. The van der Waals surface area contributed by atoms with E-state index >= 15 is 0 Å². The van der Waals surface area contributed by atoms with Crippen molar-refractivity contribution in [2.75, 3.05) is 6.61 Å². The van der Waals surface area contributed by atoms with E-state index in [1.807, 2.05) is 6.92 Å². The number of furan rings is 1. The molecule has 1 aromatic heterocycles. The Labute approximate surface area is 116 Å². The van der Waals surface area contributed by atoms with Crippen LogP contribution in [0.2, 0.25) is 0 Å². The number of nitrogens with one attached hydrogen (secondary N) is 2. The fourth-order valence-electron chi connectivity index (χ4n) is 2.10. The van der Waals surface area contributed by atoms with E-state index in [0.29, 0.717) is 5.76 Å². The van der Waals surface area contributed by atoms with E-state index in [2.05, 4.69) is 10.6 Å². The van der Waals surface area contributed by atoms with Crippen molar-refractivity contribution < 1.29 is 23.8 Å². The summed E-state index contributed by atoms with van der Waals surface area (Å²) in [7, 11) is 0. The van der Waals surface area contributed by atoms with Gasteiger partial charge in [-0.2, -0.15) is 0 Å². The van der Waals surface area contributed by atoms with Crippen molar-refractivity contribution in [1.82, 2.24) is 10.6 Å². The molecule has 20 heavy (non-hydrogen) atoms. The van der Waals surface area contributed by atoms with Gasteiger partial charge in [-0.25, -0.2) is 9.59 Å². The fraction of sp³-hybridized carbons (Fsp3) is 0.538. The summed E-state index contributed by atoms with van der Waals surface area (Å²) in [6, 6.07) is 2.48. The van der Waals surface area contributed by atoms with Gasteiger partial charge in [-0.15, -0.1) is 0 Å². The monoisotopic (exact) mass is 282 g/mol. The molecule has 2 atom stereocenters. The van der Waals surface area contributed by atoms with Gasteiger partial charge in [0.25, 0.3) is 0 Å². The molecule has 1 saturated heterocycles. The first-order valence-corrected chi connectivity index (χ1v) is 6.54. The van der Waals surface area contributed by atoms with Crippen molar-refractivity contribution in [3.63, 3.8) is 0 Å². The Morgan fingerprint density at radius 3 is 2.90 bits per heavy atom. The zero-order valence-electron chi connectivity index (χ0n) is 11.2. The van der Waals surface area contributed by atoms with Crippen LogP contribution >= 0.6 is 0 Å². The molecule has 0 saturated carbocycles. The maximum atomic E-state index is 11.7. The molecule has 0 spiro atoms. The summed E-state index contributed by atoms with van der Waals surface area (Å²) in [5, 5.41) is 14.1. The summed E-state index contributed by atoms with van der Waals surface area (Å²) in [4.78, 5) is 22.3. The van der Waals surface area contributed by atoms with Crippen molar-refractivity contribution in [2.24, 2.45) is 0 Å². The smallest absolute Gasteiger partial charge is 0.371 e. The molecule has 0 aromatic carbocycles. The predicted octanol–water partition coefficient (Wildman–Crippen LogP) is 1.34. The molecule has 2 heterocycles. The Bertz CT molecular complexity index is 479. The van der Waals surface area contributed by atoms with Gasteiger partial charge in [0.1, 0.15) is 5.76 Å². The molecule has 0 bridgehead atoms. The van der Waals surface area contributed by atoms with Gasteiger partial charge >= 0.3 is 12.0 Å². The molecule has 0 aliphatic carbocycles. The third-order valence-corrected chi connectivity index (χ3v) is 3.18. The predicted molar refractivity (Wildman–Crippen MR) is 69.5 cm³/mol. The van der Waals surface area contributed by atoms with Crippen molar-refractivity contribution in [2.45, 2.75) is 38.5 Å². The number of hydrogen-bond donors (Lipinski definition) is 3. The largest absolute Gasteiger partial charge is 0.475 e. The first kappa shape index (κ1) is 14.4. The lowest BCUT2D eigenvalue weighted by atomic mass is 10.1. The number of amides is 2. The van der Waals surface area contributed by atoms with Crippen LogP contribution in [0.3, 0.4) is 0 Å². The molecule has 1 fully saturated rings. The minimum absolute atomic E-state index is 0.0583. The minimum atomic E-state index is -1.13. The van der Waals surface area contributed by atoms with Crippen molar-refractivity contribution in [3.05, 3.63) is 23.7 Å². The van der Waals surface area contributed by atoms with Crippen molar-refractivity contribution >= 4 is 12.0 Å². The summed E-state index contributed by atoms with van der Waals surface area (Å²) in [5.74, 6) is -0.884. The fourth-order valence-corrected chi connectivity index (χ4v) is 2.10. The highest BCUT2D eigenvalue weighted by atomic mass is 16.5. The van der Waals surface area contributed by atoms with Gasteiger partial charge in [0, 0.05) is 6.61 Å². The van der Waals surface area contributed by atoms with Crippen LogP contribution in [0.15, 0.2) is 16.5 Å². The van der Waals surface area contributed by atoms with Crippen LogP contribution in [0, 0.1) is 0 Å². The molecule has 7 nitrogen and oxygen atoms in total. The van der Waals surface area contributed by atoms with E-state index in [1.54, 1.807) is 0 Å². The molecule has 1 aliphatic rings. The van der Waals surface area contributed by atoms with Crippen LogP contribution in [0.1, 0.15) is 36.1 Å². The average molecular weight is 282 g/mol. The molecule has 3 N–H and O–H groups in total. The van der Waals surface area contributed by atoms with Gasteiger partial charge in [-0.3, -0.25) is 0 Å². The van der Waals surface area contributed by atoms with Crippen LogP contribution in [0.4, 0.5) is 4.79 Å². The lowest BCUT2D eigenvalue weighted by Crippen LogP contribution is -2.45. The molecule has 2 amide bonds. The van der Waals surface area contributed by atoms with E-state index in [1.165, 1.54) is 12.1 Å². The number of hydrogen-bond acceptors (Lipinski definition) is 4. The Balaban J connectivity index is 1.75. The summed E-state index contributed by atoms with van der Waals surface area (Å²) >= 11 is 0. The second-order valence-corrected chi connectivity index (χ2v) is 4.74. The lowest BCUT2D eigenvalue weighted by molar-refractivity contribution is 0.0660. The third-order valence-electron chi connectivity index (χ3n) is 3.18. The zero-order valence-corrected chi connectivity index (χ0v) is 11.2. The Kier molecular flexibility index (Phi) is 4.62. The Morgan fingerprint density at radius 1 is 1.50 bits per heavy atom. The highest BCUT2D eigenvalue weighted by molar-refractivity contribution is 5.84. The van der Waals surface area contributed by atoms with Crippen LogP contribution in [0.5, 0.6) is 0 Å². The summed E-state index contributed by atoms with van der Waals surface area (Å²) in [5.41, 5.74) is 0. The standard InChI is InChI=1S/C13H18N2O5/c1-8(10-3-2-6-19-10)15-13(18)14-7-9-4-5-11(20-9)12(16)17/h4-5,8,10H,2-3,6-7H2,1H3,(H,16,17)(H2,14,15,18). The lowest BCUT2D eigenvalue weighted by Gasteiger charge is -2.20. The summed E-state index contributed by atoms with van der Waals surface area (Å²) < 4.78 is 10.5. The third kappa shape index (κ3) is 3.74. The number of urea groups is 1. The van der Waals surface area contributed by atoms with Gasteiger partial charge in [-0.1, -0.05) is 0 Å². The van der Waals surface area contributed by atoms with Crippen LogP contribution in [0.25, 0.3) is 0 Å². The molecule has 2 unspecified atom stereocenters. The topological polar surface area (TPSA) is 101 Å². The SMILES string of the molecule is CC(NC(=O)NCc1ccc(C(=O)O)o1)C1CCCO1. The first-order valence-electron chi connectivity index (χ1n) is 6.54. The maximum Gasteiger partial charge on any atom is 0.371 e. The number of carboxylic acids is 1. The normalized spacial score (nSPS) is 19.6. The van der Waals surface area contributed by atoms with Crippen molar-refractivity contribution in [3.8, 4) is 0 Å². The summed E-state index contributed by atoms with van der Waals surface area (Å²) in [6.07, 6.45) is 2.02. The van der Waals surface area contributed by atoms with Crippen LogP contribution in [-0.2, 0) is 11.3 Å². The Hall–Kier alpha value is -2.02. The minimum Gasteiger partial charge on any atom is -0.475 e. The van der Waals surface area contributed by atoms with Crippen LogP contribution < -0.4 is 10.6 Å². The maximum absolute atomic E-state index is 11.7. The molecule has 110 valence electrons. The average Bonchev–Trinajstić information content (AvgIpc) is 3.07. The second-order valence-electron chi connectivity index (χ2n) is 4.74. The molecule has 0 radical (unpaired) electrons. The van der Waals surface area contributed by atoms with Crippen LogP contribution in [-0.4, -0.2) is 35.9 Å². The van der Waals surface area contributed by atoms with Gasteiger partial charge in [-0.05, 0) is 31.9 Å². The van der Waals surface area contributed by atoms with E-state index in [-0.39, 0.29) is 30.5 Å². The van der Waals surface area contributed by atoms with E-state index in [4.69, 9.17) is 14.3 Å². The first-order chi connectivity index (χ1) is 9.56. The molecular weight excluding hydrogens is 264 g/mol. The highest BCUT2D eigenvalue weighted by Gasteiger charge is 2.23. The summed E-state index contributed by atoms with van der Waals surface area (Å²) in [6.45, 7) is 2.77. The number of rotatable bonds is 5. The van der Waals surface area contributed by atoms with E-state index in [9.17, 15) is 9.59 Å². The molecular formula is C13H18N2O5. The molecule has 1 aromatic rings. The van der Waals surface area contributed by atoms with E-state index in [0.717, 1.165) is 19.4 Å². The molecule has 2 rings (SSSR count). The number of ether oxygens (including phenoxy) is 1. The quantitative estimate of drug-likeness (QED) is 0.756. The van der Waals surface area contributed by atoms with Crippen molar-refractivity contribution in [1.29, 1.82) is 0 Å². The number of carboxylic acid groups (broad SMARTS) is 1. The molecule has 7 heteroatoms. The van der Waals surface area contributed by atoms with Gasteiger partial charge in [0.15, 0.2) is 0 Å². The number of carbonyl (C=O) groups excluding carboxylic acids is 1. The number of carbonyl (C=O) groups is 2. The number of aromatic carboxylic acids is 1. The van der Waals surface area contributed by atoms with E-state index < -0.39 is 5.97 Å².